The molecule has 1 fully saturated rings. The maximum absolute atomic E-state index is 12.3. The van der Waals surface area contributed by atoms with E-state index in [0.29, 0.717) is 24.2 Å². The van der Waals surface area contributed by atoms with E-state index in [1.165, 1.54) is 10.5 Å². The van der Waals surface area contributed by atoms with E-state index in [4.69, 9.17) is 20.4 Å². The number of carbonyl (C=O) groups is 2. The third-order valence-corrected chi connectivity index (χ3v) is 6.16. The first-order valence-corrected chi connectivity index (χ1v) is 10.5. The lowest BCUT2D eigenvalue weighted by Crippen LogP contribution is -2.49. The van der Waals surface area contributed by atoms with Crippen LogP contribution in [-0.2, 0) is 9.59 Å². The van der Waals surface area contributed by atoms with Gasteiger partial charge in [-0.3, -0.25) is 9.69 Å². The summed E-state index contributed by atoms with van der Waals surface area (Å²) < 4.78 is 37.2. The zero-order chi connectivity index (χ0) is 25.3. The van der Waals surface area contributed by atoms with Gasteiger partial charge in [-0.25, -0.2) is 9.79 Å². The second-order valence-corrected chi connectivity index (χ2v) is 8.53. The lowest BCUT2D eigenvalue weighted by molar-refractivity contribution is -0.192. The summed E-state index contributed by atoms with van der Waals surface area (Å²) >= 11 is 0. The topological polar surface area (TPSA) is 105 Å². The molecule has 2 aliphatic rings. The van der Waals surface area contributed by atoms with Crippen molar-refractivity contribution in [2.24, 2.45) is 16.6 Å². The number of guanidine groups is 1. The Morgan fingerprint density at radius 3 is 2.47 bits per heavy atom. The van der Waals surface area contributed by atoms with E-state index in [1.54, 1.807) is 14.2 Å². The summed E-state index contributed by atoms with van der Waals surface area (Å²) in [6, 6.07) is 16.6. The Bertz CT molecular complexity index is 1120. The van der Waals surface area contributed by atoms with Gasteiger partial charge in [0.2, 0.25) is 5.91 Å². The number of benzene rings is 2. The number of rotatable bonds is 4. The molecular formula is C24H26F3N3O4. The van der Waals surface area contributed by atoms with E-state index < -0.39 is 17.7 Å². The van der Waals surface area contributed by atoms with Crippen molar-refractivity contribution >= 4 is 17.8 Å². The number of hydrogen-bond donors (Lipinski definition) is 2. The van der Waals surface area contributed by atoms with E-state index in [9.17, 15) is 18.0 Å². The number of carbonyl (C=O) groups excluding carboxylic acids is 1. The molecule has 4 rings (SSSR count). The number of alkyl halides is 3. The molecule has 1 heterocycles. The van der Waals surface area contributed by atoms with Crippen molar-refractivity contribution in [1.82, 2.24) is 4.90 Å². The summed E-state index contributed by atoms with van der Waals surface area (Å²) in [4.78, 5) is 27.3. The van der Waals surface area contributed by atoms with Crippen molar-refractivity contribution in [3.05, 3.63) is 54.1 Å². The van der Waals surface area contributed by atoms with Crippen LogP contribution in [0.15, 0.2) is 53.5 Å². The summed E-state index contributed by atoms with van der Waals surface area (Å²) in [7, 11) is 3.38. The van der Waals surface area contributed by atoms with Gasteiger partial charge in [0.05, 0.1) is 19.1 Å². The molecule has 0 saturated heterocycles. The Kier molecular flexibility index (Phi) is 6.90. The van der Waals surface area contributed by atoms with Gasteiger partial charge in [0.15, 0.2) is 5.96 Å². The number of hydrogen-bond acceptors (Lipinski definition) is 5. The molecule has 182 valence electrons. The quantitative estimate of drug-likeness (QED) is 0.692. The number of nitrogens with zero attached hydrogens (tertiary/aromatic N) is 2. The minimum Gasteiger partial charge on any atom is -0.496 e. The van der Waals surface area contributed by atoms with Crippen molar-refractivity contribution in [1.29, 1.82) is 0 Å². The van der Waals surface area contributed by atoms with Crippen molar-refractivity contribution in [3.8, 4) is 16.9 Å². The van der Waals surface area contributed by atoms with Crippen molar-refractivity contribution in [2.75, 3.05) is 14.2 Å². The largest absolute Gasteiger partial charge is 0.496 e. The molecule has 0 bridgehead atoms. The zero-order valence-corrected chi connectivity index (χ0v) is 19.0. The highest BCUT2D eigenvalue weighted by atomic mass is 19.4. The standard InChI is InChI=1S/C22H25N3O2.C2HF3O2/c1-22(13-20(26)25(2)21(23)24-22)18-12-17(18)15-8-6-7-14(11-15)16-9-4-5-10-19(16)27-3;3-2(4,5)1(6)7/h4-11,17-18H,12-13H2,1-3H3,(H2,23,24);(H,6,7)/t17-,18+,22-;/m0./s1. The van der Waals surface area contributed by atoms with Crippen molar-refractivity contribution in [2.45, 2.75) is 37.4 Å². The zero-order valence-electron chi connectivity index (χ0n) is 19.0. The highest BCUT2D eigenvalue weighted by molar-refractivity contribution is 5.98. The molecule has 1 aliphatic carbocycles. The maximum Gasteiger partial charge on any atom is 0.490 e. The molecule has 0 aromatic heterocycles. The molecule has 1 amide bonds. The number of nitrogens with two attached hydrogens (primary N) is 1. The number of amides is 1. The highest BCUT2D eigenvalue weighted by Gasteiger charge is 2.53. The minimum absolute atomic E-state index is 0.0402. The molecule has 10 heteroatoms. The monoisotopic (exact) mass is 477 g/mol. The Morgan fingerprint density at radius 1 is 1.24 bits per heavy atom. The minimum atomic E-state index is -5.08. The van der Waals surface area contributed by atoms with Crippen LogP contribution in [0.5, 0.6) is 5.75 Å². The molecule has 1 aliphatic heterocycles. The van der Waals surface area contributed by atoms with Gasteiger partial charge in [-0.15, -0.1) is 0 Å². The molecule has 7 nitrogen and oxygen atoms in total. The summed E-state index contributed by atoms with van der Waals surface area (Å²) in [6.07, 6.45) is -3.64. The summed E-state index contributed by atoms with van der Waals surface area (Å²) in [6.45, 7) is 2.06. The molecule has 3 atom stereocenters. The lowest BCUT2D eigenvalue weighted by atomic mass is 9.87. The smallest absolute Gasteiger partial charge is 0.490 e. The van der Waals surface area contributed by atoms with Crippen LogP contribution in [0.1, 0.15) is 31.2 Å². The summed E-state index contributed by atoms with van der Waals surface area (Å²) in [5, 5.41) is 7.12. The number of para-hydroxylation sites is 1. The summed E-state index contributed by atoms with van der Waals surface area (Å²) in [5.41, 5.74) is 9.06. The predicted molar refractivity (Wildman–Crippen MR) is 120 cm³/mol. The van der Waals surface area contributed by atoms with Gasteiger partial charge in [0.25, 0.3) is 0 Å². The van der Waals surface area contributed by atoms with Gasteiger partial charge >= 0.3 is 12.1 Å². The first kappa shape index (κ1) is 25.1. The van der Waals surface area contributed by atoms with Crippen molar-refractivity contribution < 1.29 is 32.6 Å². The van der Waals surface area contributed by atoms with Crippen LogP contribution in [0.4, 0.5) is 13.2 Å². The van der Waals surface area contributed by atoms with Gasteiger partial charge < -0.3 is 15.6 Å². The number of aliphatic imine (C=N–C) groups is 1. The van der Waals surface area contributed by atoms with Crippen LogP contribution in [-0.4, -0.2) is 53.7 Å². The average Bonchev–Trinajstić information content (AvgIpc) is 3.59. The molecule has 0 spiro atoms. The number of halogens is 3. The van der Waals surface area contributed by atoms with Gasteiger partial charge in [-0.05, 0) is 42.4 Å². The van der Waals surface area contributed by atoms with E-state index in [1.807, 2.05) is 18.2 Å². The average molecular weight is 477 g/mol. The number of carboxylic acid groups (broad SMARTS) is 1. The van der Waals surface area contributed by atoms with E-state index in [2.05, 4.69) is 42.2 Å². The van der Waals surface area contributed by atoms with Crippen molar-refractivity contribution in [3.63, 3.8) is 0 Å². The number of methoxy groups -OCH3 is 1. The third-order valence-electron chi connectivity index (χ3n) is 6.16. The van der Waals surface area contributed by atoms with Crippen LogP contribution in [0.2, 0.25) is 0 Å². The lowest BCUT2D eigenvalue weighted by Gasteiger charge is -2.33. The van der Waals surface area contributed by atoms with Gasteiger partial charge in [-0.2, -0.15) is 13.2 Å². The van der Waals surface area contributed by atoms with Crippen LogP contribution in [0, 0.1) is 5.92 Å². The number of aliphatic carboxylic acids is 1. The molecule has 2 aromatic carbocycles. The van der Waals surface area contributed by atoms with E-state index in [0.717, 1.165) is 23.3 Å². The molecule has 0 radical (unpaired) electrons. The second kappa shape index (κ2) is 9.36. The van der Waals surface area contributed by atoms with Crippen LogP contribution in [0.25, 0.3) is 11.1 Å². The van der Waals surface area contributed by atoms with Crippen LogP contribution in [0.3, 0.4) is 0 Å². The molecule has 1 saturated carbocycles. The second-order valence-electron chi connectivity index (χ2n) is 8.53. The van der Waals surface area contributed by atoms with Gasteiger partial charge in [0, 0.05) is 12.6 Å². The molecule has 0 unspecified atom stereocenters. The molecular weight excluding hydrogens is 451 g/mol. The normalized spacial score (nSPS) is 24.0. The Labute approximate surface area is 195 Å². The maximum atomic E-state index is 12.3. The van der Waals surface area contributed by atoms with Gasteiger partial charge in [0.1, 0.15) is 5.75 Å². The molecule has 34 heavy (non-hydrogen) atoms. The fourth-order valence-electron chi connectivity index (χ4n) is 4.21. The SMILES string of the molecule is COc1ccccc1-c1cccc([C@@H]2C[C@H]2[C@]2(C)CC(=O)N(C)C(N)=N2)c1.O=C(O)C(F)(F)F. The third kappa shape index (κ3) is 5.32. The highest BCUT2D eigenvalue weighted by Crippen LogP contribution is 2.56. The number of ether oxygens (including phenoxy) is 1. The Balaban J connectivity index is 0.000000406. The van der Waals surface area contributed by atoms with E-state index >= 15 is 0 Å². The summed E-state index contributed by atoms with van der Waals surface area (Å²) in [5.74, 6) is -0.792. The molecule has 2 aromatic rings. The van der Waals surface area contributed by atoms with Crippen LogP contribution < -0.4 is 10.5 Å². The Morgan fingerprint density at radius 2 is 1.88 bits per heavy atom. The van der Waals surface area contributed by atoms with Gasteiger partial charge in [-0.1, -0.05) is 42.5 Å². The molecule has 3 N–H and O–H groups in total. The predicted octanol–water partition coefficient (Wildman–Crippen LogP) is 4.03. The number of carboxylic acids is 1. The fourth-order valence-corrected chi connectivity index (χ4v) is 4.21. The fraction of sp³-hybridized carbons (Fsp3) is 0.375. The van der Waals surface area contributed by atoms with E-state index in [-0.39, 0.29) is 5.91 Å². The first-order valence-electron chi connectivity index (χ1n) is 10.5. The first-order chi connectivity index (χ1) is 15.9. The Hall–Kier alpha value is -3.56. The van der Waals surface area contributed by atoms with Crippen LogP contribution >= 0.6 is 0 Å².